The number of halogens is 4. The average Bonchev–Trinajstić information content (AvgIpc) is 2.82. The molecule has 15 heteroatoms. The summed E-state index contributed by atoms with van der Waals surface area (Å²) in [5.74, 6) is 0.700. The normalized spacial score (nSPS) is 12.8. The second kappa shape index (κ2) is 23.1. The van der Waals surface area contributed by atoms with Gasteiger partial charge in [0.05, 0.1) is 24.2 Å². The number of hydrogen-bond donors (Lipinski definition) is 0. The maximum atomic E-state index is 11.8. The summed E-state index contributed by atoms with van der Waals surface area (Å²) in [5.41, 5.74) is 0.260. The third kappa shape index (κ3) is 20.8. The predicted octanol–water partition coefficient (Wildman–Crippen LogP) is 4.43. The summed E-state index contributed by atoms with van der Waals surface area (Å²) in [5, 5.41) is 10.5. The monoisotopic (exact) mass is 530 g/mol. The van der Waals surface area contributed by atoms with Gasteiger partial charge in [-0.3, -0.25) is 10.1 Å². The Morgan fingerprint density at radius 2 is 1.59 bits per heavy atom. The second-order valence-electron chi connectivity index (χ2n) is 5.39. The molecule has 0 amide bonds. The molecule has 1 aromatic rings. The van der Waals surface area contributed by atoms with Gasteiger partial charge in [0, 0.05) is 29.2 Å². The first kappa shape index (κ1) is 38.2. The van der Waals surface area contributed by atoms with Crippen LogP contribution in [0, 0.1) is 36.0 Å². The molecule has 186 valence electrons. The van der Waals surface area contributed by atoms with Crippen LogP contribution in [0.4, 0.5) is 23.0 Å². The number of carbonyl (C=O) groups is 1. The molecule has 0 radical (unpaired) electrons. The molecule has 0 spiro atoms. The molecule has 0 aromatic heterocycles. The van der Waals surface area contributed by atoms with Gasteiger partial charge in [-0.2, -0.15) is 0 Å². The molecule has 1 aromatic carbocycles. The number of esters is 1. The van der Waals surface area contributed by atoms with Crippen molar-refractivity contribution < 1.29 is 67.5 Å². The van der Waals surface area contributed by atoms with Gasteiger partial charge in [0.25, 0.3) is 5.69 Å². The van der Waals surface area contributed by atoms with E-state index in [9.17, 15) is 32.2 Å². The average molecular weight is 530 g/mol. The van der Waals surface area contributed by atoms with Gasteiger partial charge in [-0.15, -0.1) is 0 Å². The van der Waals surface area contributed by atoms with E-state index >= 15 is 0 Å². The van der Waals surface area contributed by atoms with Crippen LogP contribution in [0.25, 0.3) is 0 Å². The number of hydrogen-bond acceptors (Lipinski definition) is 5. The zero-order valence-electron chi connectivity index (χ0n) is 17.4. The number of non-ortho nitro benzene ring substituents is 1. The van der Waals surface area contributed by atoms with Gasteiger partial charge in [0.2, 0.25) is 0 Å². The van der Waals surface area contributed by atoms with Crippen molar-refractivity contribution in [2.24, 2.45) is 5.92 Å². The Balaban J connectivity index is -0.000000322. The maximum Gasteiger partial charge on any atom is 0 e. The summed E-state index contributed by atoms with van der Waals surface area (Å²) in [6.07, 6.45) is 7.53. The van der Waals surface area contributed by atoms with Crippen LogP contribution < -0.4 is 0 Å². The summed E-state index contributed by atoms with van der Waals surface area (Å²) in [6, 6.07) is 5.37. The van der Waals surface area contributed by atoms with Crippen molar-refractivity contribution in [3.63, 3.8) is 0 Å². The number of methoxy groups -OCH3 is 1. The molecule has 1 unspecified atom stereocenters. The number of allylic oxidation sites excluding steroid dienone is 3. The molecule has 0 fully saturated rings. The van der Waals surface area contributed by atoms with Crippen LogP contribution in [0.3, 0.4) is 0 Å². The Labute approximate surface area is 203 Å². The number of nitro groups is 1. The van der Waals surface area contributed by atoms with Crippen LogP contribution in [0.1, 0.15) is 23.2 Å². The van der Waals surface area contributed by atoms with Gasteiger partial charge < -0.3 is 26.7 Å². The number of nitro benzene ring substituents is 1. The number of carbonyl (C=O) groups excluding carboxylic acids is 1. The molecular weight excluding hydrogens is 513 g/mol. The third-order valence-corrected chi connectivity index (χ3v) is 3.43. The van der Waals surface area contributed by atoms with E-state index in [-0.39, 0.29) is 22.8 Å². The minimum Gasteiger partial charge on any atom is 0 e. The first-order chi connectivity index (χ1) is 15.6. The van der Waals surface area contributed by atoms with Gasteiger partial charge in [-0.1, -0.05) is 6.08 Å². The van der Waals surface area contributed by atoms with Crippen molar-refractivity contribution in [1.82, 2.24) is 0 Å². The van der Waals surface area contributed by atoms with E-state index in [1.165, 1.54) is 24.3 Å². The molecule has 9 nitrogen and oxygen atoms in total. The molecule has 1 atom stereocenters. The summed E-state index contributed by atoms with van der Waals surface area (Å²) in [6.45, 7) is 13.8. The van der Waals surface area contributed by atoms with Crippen molar-refractivity contribution in [1.29, 1.82) is 0 Å². The fourth-order valence-corrected chi connectivity index (χ4v) is 2.12. The van der Waals surface area contributed by atoms with E-state index in [1.54, 1.807) is 7.11 Å². The van der Waals surface area contributed by atoms with Crippen LogP contribution in [-0.4, -0.2) is 31.9 Å². The fraction of sp³-hybridized carbons (Fsp3) is 0.263. The molecule has 0 aliphatic heterocycles. The Bertz CT molecular complexity index is 819. The predicted molar refractivity (Wildman–Crippen MR) is 102 cm³/mol. The number of nitrogens with zero attached hydrogens (tertiary/aromatic N) is 1. The Hall–Kier alpha value is -3.11. The quantitative estimate of drug-likeness (QED) is 0.102. The standard InChI is InChI=1S/C16H17NO5.3CO.BF4.Fe/c1-21-15-8-2-12(3-9-15)10-11-22-16(18)13-4-6-14(7-5-13)17(19)20;3*1-2;2-1(3,4)5;/h2,4-9,12H,3,10-11H2,1H3;;;;;/q;;;;-1;. The van der Waals surface area contributed by atoms with Crippen molar-refractivity contribution in [3.05, 3.63) is 83.9 Å². The van der Waals surface area contributed by atoms with Crippen LogP contribution in [0.15, 0.2) is 48.3 Å². The molecule has 0 N–H and O–H groups in total. The largest absolute Gasteiger partial charge is 0 e. The van der Waals surface area contributed by atoms with Crippen molar-refractivity contribution in [2.45, 2.75) is 12.8 Å². The molecule has 2 rings (SSSR count). The van der Waals surface area contributed by atoms with Crippen molar-refractivity contribution >= 4 is 18.9 Å². The van der Waals surface area contributed by atoms with E-state index in [0.29, 0.717) is 18.1 Å². The molecule has 1 aliphatic rings. The van der Waals surface area contributed by atoms with Gasteiger partial charge in [-0.25, -0.2) is 4.79 Å². The summed E-state index contributed by atoms with van der Waals surface area (Å²) >= 11 is 0. The minimum absolute atomic E-state index is 0. The molecule has 34 heavy (non-hydrogen) atoms. The van der Waals surface area contributed by atoms with E-state index in [0.717, 1.165) is 18.6 Å². The maximum absolute atomic E-state index is 11.8. The molecular formula is C19H17BF4FeNO8-. The fourth-order valence-electron chi connectivity index (χ4n) is 2.12. The molecule has 0 heterocycles. The van der Waals surface area contributed by atoms with E-state index in [2.05, 4.69) is 20.0 Å². The summed E-state index contributed by atoms with van der Waals surface area (Å²) in [4.78, 5) is 21.9. The van der Waals surface area contributed by atoms with Gasteiger partial charge >= 0.3 is 47.1 Å². The van der Waals surface area contributed by atoms with Gasteiger partial charge in [0.15, 0.2) is 0 Å². The van der Waals surface area contributed by atoms with E-state index < -0.39 is 18.1 Å². The van der Waals surface area contributed by atoms with Gasteiger partial charge in [-0.05, 0) is 43.0 Å². The summed E-state index contributed by atoms with van der Waals surface area (Å²) in [7, 11) is -4.37. The molecule has 1 aliphatic carbocycles. The Morgan fingerprint density at radius 1 is 1.12 bits per heavy atom. The SMILES string of the molecule is COC1=CCC(CCOC(=O)c2ccc([N+](=O)[O-])cc2)C=C1.F[B-](F)(F)F.[C-]#[O+].[C-]#[O+].[C-]#[O+].[Fe]. The third-order valence-electron chi connectivity index (χ3n) is 3.43. The Morgan fingerprint density at radius 3 is 1.94 bits per heavy atom. The van der Waals surface area contributed by atoms with Crippen LogP contribution in [0.5, 0.6) is 0 Å². The molecule has 0 bridgehead atoms. The Kier molecular flexibility index (Phi) is 25.9. The minimum atomic E-state index is -6.00. The van der Waals surface area contributed by atoms with Crippen LogP contribution in [-0.2, 0) is 40.5 Å². The van der Waals surface area contributed by atoms with E-state index in [1.807, 2.05) is 18.2 Å². The number of rotatable bonds is 6. The molecule has 0 saturated heterocycles. The number of ether oxygens (including phenoxy) is 2. The second-order valence-corrected chi connectivity index (χ2v) is 5.39. The first-order valence-electron chi connectivity index (χ1n) is 8.42. The summed E-state index contributed by atoms with van der Waals surface area (Å²) < 4.78 is 71.8. The zero-order valence-corrected chi connectivity index (χ0v) is 18.5. The smallest absolute Gasteiger partial charge is 0 e. The zero-order chi connectivity index (χ0) is 26.4. The van der Waals surface area contributed by atoms with Crippen LogP contribution >= 0.6 is 0 Å². The van der Waals surface area contributed by atoms with Crippen molar-refractivity contribution in [3.8, 4) is 0 Å². The van der Waals surface area contributed by atoms with E-state index in [4.69, 9.17) is 23.4 Å². The van der Waals surface area contributed by atoms with Gasteiger partial charge in [0.1, 0.15) is 5.76 Å². The topological polar surface area (TPSA) is 138 Å². The molecule has 0 saturated carbocycles. The number of benzene rings is 1. The van der Waals surface area contributed by atoms with Crippen molar-refractivity contribution in [2.75, 3.05) is 13.7 Å². The van der Waals surface area contributed by atoms with Crippen LogP contribution in [0.2, 0.25) is 0 Å². The first-order valence-corrected chi connectivity index (χ1v) is 8.42.